The number of hydrogen-bond acceptors (Lipinski definition) is 5. The van der Waals surface area contributed by atoms with Gasteiger partial charge in [0, 0.05) is 18.8 Å². The second-order valence-electron chi connectivity index (χ2n) is 5.72. The number of benzene rings is 1. The quantitative estimate of drug-likeness (QED) is 0.844. The van der Waals surface area contributed by atoms with E-state index in [1.54, 1.807) is 25.3 Å². The molecule has 0 aliphatic carbocycles. The third kappa shape index (κ3) is 3.54. The van der Waals surface area contributed by atoms with Gasteiger partial charge in [-0.05, 0) is 49.6 Å². The van der Waals surface area contributed by atoms with Gasteiger partial charge in [-0.15, -0.1) is 5.10 Å². The number of hydrogen-bond donors (Lipinski definition) is 0. The molecule has 0 saturated carbocycles. The second-order valence-corrected chi connectivity index (χ2v) is 7.62. The summed E-state index contributed by atoms with van der Waals surface area (Å²) in [6.07, 6.45) is 2.68. The largest absolute Gasteiger partial charge is 0.472 e. The number of aromatic nitrogens is 2. The van der Waals surface area contributed by atoms with Gasteiger partial charge >= 0.3 is 0 Å². The van der Waals surface area contributed by atoms with Gasteiger partial charge < -0.3 is 4.74 Å². The van der Waals surface area contributed by atoms with Crippen molar-refractivity contribution in [2.75, 3.05) is 13.1 Å². The average molecular weight is 351 g/mol. The predicted molar refractivity (Wildman–Crippen MR) is 85.6 cm³/mol. The molecular formula is C16H18FN3O3S. The zero-order valence-corrected chi connectivity index (χ0v) is 14.0. The first-order valence-electron chi connectivity index (χ1n) is 7.67. The zero-order chi connectivity index (χ0) is 17.2. The van der Waals surface area contributed by atoms with Crippen LogP contribution in [0.4, 0.5) is 4.39 Å². The molecule has 2 heterocycles. The predicted octanol–water partition coefficient (Wildman–Crippen LogP) is 2.16. The Kier molecular flexibility index (Phi) is 4.77. The molecule has 8 heteroatoms. The van der Waals surface area contributed by atoms with Gasteiger partial charge in [0.2, 0.25) is 15.9 Å². The Balaban J connectivity index is 1.78. The highest BCUT2D eigenvalue weighted by Gasteiger charge is 2.32. The summed E-state index contributed by atoms with van der Waals surface area (Å²) in [5, 5.41) is 7.60. The molecule has 0 spiro atoms. The van der Waals surface area contributed by atoms with Gasteiger partial charge in [-0.25, -0.2) is 12.8 Å². The maximum Gasteiger partial charge on any atom is 0.243 e. The van der Waals surface area contributed by atoms with Crippen LogP contribution >= 0.6 is 0 Å². The molecule has 1 unspecified atom stereocenters. The number of sulfonamides is 1. The molecule has 24 heavy (non-hydrogen) atoms. The molecule has 6 nitrogen and oxygen atoms in total. The van der Waals surface area contributed by atoms with Crippen LogP contribution in [0.3, 0.4) is 0 Å². The molecule has 1 aliphatic rings. The van der Waals surface area contributed by atoms with E-state index < -0.39 is 15.8 Å². The monoisotopic (exact) mass is 351 g/mol. The molecule has 1 atom stereocenters. The van der Waals surface area contributed by atoms with Crippen LogP contribution in [0.15, 0.2) is 41.4 Å². The average Bonchev–Trinajstić information content (AvgIpc) is 2.56. The van der Waals surface area contributed by atoms with Crippen LogP contribution in [-0.4, -0.2) is 42.1 Å². The summed E-state index contributed by atoms with van der Waals surface area (Å²) in [5.41, 5.74) is 0.395. The molecular weight excluding hydrogens is 333 g/mol. The van der Waals surface area contributed by atoms with Crippen LogP contribution in [0.1, 0.15) is 18.4 Å². The van der Waals surface area contributed by atoms with Gasteiger partial charge in [-0.3, -0.25) is 0 Å². The number of halogens is 1. The van der Waals surface area contributed by atoms with Crippen molar-refractivity contribution >= 4 is 10.0 Å². The van der Waals surface area contributed by atoms with Gasteiger partial charge in [-0.2, -0.15) is 9.40 Å². The summed E-state index contributed by atoms with van der Waals surface area (Å²) in [7, 11) is -3.68. The van der Waals surface area contributed by atoms with E-state index in [0.717, 1.165) is 12.5 Å². The second kappa shape index (κ2) is 6.82. The van der Waals surface area contributed by atoms with Crippen molar-refractivity contribution in [2.45, 2.75) is 30.8 Å². The van der Waals surface area contributed by atoms with Crippen molar-refractivity contribution in [3.05, 3.63) is 47.9 Å². The third-order valence-corrected chi connectivity index (χ3v) is 5.96. The van der Waals surface area contributed by atoms with Crippen LogP contribution in [0.5, 0.6) is 5.88 Å². The zero-order valence-electron chi connectivity index (χ0n) is 13.2. The van der Waals surface area contributed by atoms with E-state index in [4.69, 9.17) is 4.74 Å². The van der Waals surface area contributed by atoms with Crippen molar-refractivity contribution in [1.29, 1.82) is 0 Å². The molecule has 1 fully saturated rings. The van der Waals surface area contributed by atoms with Gasteiger partial charge in [0.15, 0.2) is 0 Å². The molecule has 3 rings (SSSR count). The van der Waals surface area contributed by atoms with Crippen molar-refractivity contribution in [3.8, 4) is 5.88 Å². The van der Waals surface area contributed by atoms with E-state index >= 15 is 0 Å². The van der Waals surface area contributed by atoms with Crippen molar-refractivity contribution in [2.24, 2.45) is 0 Å². The topological polar surface area (TPSA) is 72.4 Å². The molecule has 128 valence electrons. The van der Waals surface area contributed by atoms with Crippen molar-refractivity contribution in [1.82, 2.24) is 14.5 Å². The highest BCUT2D eigenvalue weighted by molar-refractivity contribution is 7.89. The Morgan fingerprint density at radius 2 is 2.17 bits per heavy atom. The number of nitrogens with zero attached hydrogens (tertiary/aromatic N) is 3. The lowest BCUT2D eigenvalue weighted by atomic mass is 10.1. The van der Waals surface area contributed by atoms with E-state index in [2.05, 4.69) is 10.2 Å². The summed E-state index contributed by atoms with van der Waals surface area (Å²) in [4.78, 5) is 0.129. The maximum absolute atomic E-state index is 13.2. The first-order valence-corrected chi connectivity index (χ1v) is 9.11. The summed E-state index contributed by atoms with van der Waals surface area (Å²) in [5.74, 6) is -0.0753. The lowest BCUT2D eigenvalue weighted by Crippen LogP contribution is -2.44. The first-order chi connectivity index (χ1) is 11.5. The normalized spacial score (nSPS) is 19.2. The fourth-order valence-electron chi connectivity index (χ4n) is 2.78. The summed E-state index contributed by atoms with van der Waals surface area (Å²) in [6, 6.07) is 7.10. The van der Waals surface area contributed by atoms with Crippen molar-refractivity contribution in [3.63, 3.8) is 0 Å². The minimum Gasteiger partial charge on any atom is -0.472 e. The summed E-state index contributed by atoms with van der Waals surface area (Å²) < 4.78 is 46.0. The number of piperidine rings is 1. The van der Waals surface area contributed by atoms with Crippen LogP contribution in [-0.2, 0) is 10.0 Å². The molecule has 0 bridgehead atoms. The van der Waals surface area contributed by atoms with Gasteiger partial charge in [-0.1, -0.05) is 0 Å². The smallest absolute Gasteiger partial charge is 0.243 e. The standard InChI is InChI=1S/C16H18FN3O3S/c1-12-10-13(17)6-7-15(12)24(21,22)20-9-3-4-14(11-20)23-16-5-2-8-18-19-16/h2,5-8,10,14H,3-4,9,11H2,1H3. The van der Waals surface area contributed by atoms with E-state index in [9.17, 15) is 12.8 Å². The lowest BCUT2D eigenvalue weighted by molar-refractivity contribution is 0.123. The Labute approximate surface area is 140 Å². The minimum atomic E-state index is -3.68. The van der Waals surface area contributed by atoms with E-state index in [-0.39, 0.29) is 17.5 Å². The van der Waals surface area contributed by atoms with Gasteiger partial charge in [0.05, 0.1) is 11.4 Å². The Morgan fingerprint density at radius 1 is 1.33 bits per heavy atom. The maximum atomic E-state index is 13.2. The third-order valence-electron chi connectivity index (χ3n) is 3.93. The first kappa shape index (κ1) is 16.8. The molecule has 1 aromatic carbocycles. The Bertz CT molecular complexity index is 815. The molecule has 1 saturated heterocycles. The van der Waals surface area contributed by atoms with Crippen LogP contribution in [0.25, 0.3) is 0 Å². The summed E-state index contributed by atoms with van der Waals surface area (Å²) in [6.45, 7) is 2.24. The van der Waals surface area contributed by atoms with E-state index in [1.165, 1.54) is 16.4 Å². The Morgan fingerprint density at radius 3 is 2.88 bits per heavy atom. The van der Waals surface area contributed by atoms with Crippen molar-refractivity contribution < 1.29 is 17.5 Å². The Hall–Kier alpha value is -2.06. The molecule has 0 radical (unpaired) electrons. The van der Waals surface area contributed by atoms with Gasteiger partial charge in [0.25, 0.3) is 0 Å². The summed E-state index contributed by atoms with van der Waals surface area (Å²) >= 11 is 0. The van der Waals surface area contributed by atoms with E-state index in [0.29, 0.717) is 24.4 Å². The van der Waals surface area contributed by atoms with Crippen LogP contribution < -0.4 is 4.74 Å². The molecule has 0 N–H and O–H groups in total. The molecule has 0 amide bonds. The number of aryl methyl sites for hydroxylation is 1. The van der Waals surface area contributed by atoms with E-state index in [1.807, 2.05) is 0 Å². The number of rotatable bonds is 4. The van der Waals surface area contributed by atoms with Gasteiger partial charge in [0.1, 0.15) is 11.9 Å². The number of ether oxygens (including phenoxy) is 1. The highest BCUT2D eigenvalue weighted by Crippen LogP contribution is 2.25. The lowest BCUT2D eigenvalue weighted by Gasteiger charge is -2.32. The minimum absolute atomic E-state index is 0.129. The fourth-order valence-corrected chi connectivity index (χ4v) is 4.50. The van der Waals surface area contributed by atoms with Crippen LogP contribution in [0, 0.1) is 12.7 Å². The molecule has 1 aromatic heterocycles. The highest BCUT2D eigenvalue weighted by atomic mass is 32.2. The van der Waals surface area contributed by atoms with Crippen LogP contribution in [0.2, 0.25) is 0 Å². The fraction of sp³-hybridized carbons (Fsp3) is 0.375. The molecule has 1 aliphatic heterocycles. The molecule has 2 aromatic rings. The SMILES string of the molecule is Cc1cc(F)ccc1S(=O)(=O)N1CCCC(Oc2cccnn2)C1.